The molecule has 2 aliphatic rings. The molecule has 0 spiro atoms. The fourth-order valence-corrected chi connectivity index (χ4v) is 3.11. The summed E-state index contributed by atoms with van der Waals surface area (Å²) in [6, 6.07) is 3.83. The number of hydrogen-bond donors (Lipinski definition) is 2. The summed E-state index contributed by atoms with van der Waals surface area (Å²) in [5.74, 6) is 9.20. The van der Waals surface area contributed by atoms with Crippen LogP contribution in [0.2, 0.25) is 0 Å². The highest BCUT2D eigenvalue weighted by Gasteiger charge is 2.31. The molecule has 1 aromatic carbocycles. The first kappa shape index (κ1) is 12.8. The van der Waals surface area contributed by atoms with E-state index in [0.717, 1.165) is 34.5 Å². The molecule has 1 aliphatic heterocycles. The number of halogens is 1. The van der Waals surface area contributed by atoms with Crippen molar-refractivity contribution in [1.82, 2.24) is 9.66 Å². The Balaban J connectivity index is 1.83. The average Bonchev–Trinajstić information content (AvgIpc) is 3.27. The highest BCUT2D eigenvalue weighted by atomic mass is 79.9. The number of hydrogen-bond acceptors (Lipinski definition) is 5. The van der Waals surface area contributed by atoms with Crippen molar-refractivity contribution in [3.8, 4) is 22.8 Å². The van der Waals surface area contributed by atoms with Crippen LogP contribution in [0.25, 0.3) is 11.3 Å². The Hall–Kier alpha value is -1.89. The van der Waals surface area contributed by atoms with Crippen LogP contribution >= 0.6 is 15.9 Å². The number of fused-ring (bicyclic) bond motifs is 1. The molecule has 6 nitrogen and oxygen atoms in total. The van der Waals surface area contributed by atoms with E-state index in [-0.39, 0.29) is 0 Å². The second kappa shape index (κ2) is 4.56. The molecule has 21 heavy (non-hydrogen) atoms. The van der Waals surface area contributed by atoms with Gasteiger partial charge >= 0.3 is 0 Å². The molecule has 110 valence electrons. The number of benzene rings is 1. The monoisotopic (exact) mass is 350 g/mol. The minimum atomic E-state index is 0.437. The summed E-state index contributed by atoms with van der Waals surface area (Å²) in [5, 5.41) is 0. The number of anilines is 1. The molecule has 0 bridgehead atoms. The summed E-state index contributed by atoms with van der Waals surface area (Å²) >= 11 is 3.51. The highest BCUT2D eigenvalue weighted by molar-refractivity contribution is 9.10. The zero-order valence-corrected chi connectivity index (χ0v) is 12.9. The molecule has 1 fully saturated rings. The molecule has 2 heterocycles. The van der Waals surface area contributed by atoms with Gasteiger partial charge in [-0.3, -0.25) is 0 Å². The van der Waals surface area contributed by atoms with E-state index in [2.05, 4.69) is 20.9 Å². The number of nitrogens with zero attached hydrogens (tertiary/aromatic N) is 2. The maximum absolute atomic E-state index is 6.12. The Morgan fingerprint density at radius 2 is 2.00 bits per heavy atom. The normalized spacial score (nSPS) is 17.0. The van der Waals surface area contributed by atoms with Gasteiger partial charge in [0.1, 0.15) is 24.7 Å². The predicted molar refractivity (Wildman–Crippen MR) is 82.9 cm³/mol. The van der Waals surface area contributed by atoms with Crippen molar-refractivity contribution in [3.05, 3.63) is 22.4 Å². The van der Waals surface area contributed by atoms with Gasteiger partial charge in [-0.05, 0) is 40.9 Å². The number of nitrogen functional groups attached to an aromatic ring is 2. The summed E-state index contributed by atoms with van der Waals surface area (Å²) in [6.07, 6.45) is 2.25. The Morgan fingerprint density at radius 1 is 1.24 bits per heavy atom. The van der Waals surface area contributed by atoms with E-state index in [1.807, 2.05) is 12.1 Å². The fourth-order valence-electron chi connectivity index (χ4n) is 2.55. The van der Waals surface area contributed by atoms with Crippen molar-refractivity contribution in [1.29, 1.82) is 0 Å². The quantitative estimate of drug-likeness (QED) is 0.811. The number of imidazole rings is 1. The standard InChI is InChI=1S/C14H15BrN4O2/c15-9-5-8(6-10-12(9)21-4-3-20-10)11-13(16)19(17)14(18-11)7-1-2-7/h5-7H,1-4,16-17H2. The zero-order valence-electron chi connectivity index (χ0n) is 11.3. The lowest BCUT2D eigenvalue weighted by Crippen LogP contribution is -2.16. The van der Waals surface area contributed by atoms with Gasteiger partial charge in [0, 0.05) is 11.5 Å². The van der Waals surface area contributed by atoms with E-state index >= 15 is 0 Å². The SMILES string of the molecule is Nc1c(-c2cc(Br)c3c(c2)OCCO3)nc(C2CC2)n1N. The maximum atomic E-state index is 6.12. The van der Waals surface area contributed by atoms with Gasteiger partial charge in [0.15, 0.2) is 17.3 Å². The van der Waals surface area contributed by atoms with Gasteiger partial charge in [-0.15, -0.1) is 0 Å². The number of rotatable bonds is 2. The molecule has 1 aliphatic carbocycles. The average molecular weight is 351 g/mol. The molecule has 0 amide bonds. The molecule has 0 atom stereocenters. The Morgan fingerprint density at radius 3 is 2.76 bits per heavy atom. The van der Waals surface area contributed by atoms with Crippen LogP contribution in [0.1, 0.15) is 24.6 Å². The Kier molecular flexibility index (Phi) is 2.78. The van der Waals surface area contributed by atoms with Gasteiger partial charge in [0.2, 0.25) is 0 Å². The van der Waals surface area contributed by atoms with E-state index in [0.29, 0.717) is 36.4 Å². The molecule has 4 N–H and O–H groups in total. The Labute approximate surface area is 130 Å². The van der Waals surface area contributed by atoms with Crippen molar-refractivity contribution in [2.45, 2.75) is 18.8 Å². The van der Waals surface area contributed by atoms with Crippen molar-refractivity contribution in [3.63, 3.8) is 0 Å². The first-order valence-corrected chi connectivity index (χ1v) is 7.67. The molecular weight excluding hydrogens is 336 g/mol. The number of nitrogens with two attached hydrogens (primary N) is 2. The second-order valence-corrected chi connectivity index (χ2v) is 6.18. The molecule has 4 rings (SSSR count). The zero-order chi connectivity index (χ0) is 14.6. The van der Waals surface area contributed by atoms with Crippen LogP contribution in [0, 0.1) is 0 Å². The lowest BCUT2D eigenvalue weighted by Gasteiger charge is -2.20. The summed E-state index contributed by atoms with van der Waals surface area (Å²) in [6.45, 7) is 1.09. The smallest absolute Gasteiger partial charge is 0.175 e. The van der Waals surface area contributed by atoms with E-state index in [9.17, 15) is 0 Å². The maximum Gasteiger partial charge on any atom is 0.175 e. The highest BCUT2D eigenvalue weighted by Crippen LogP contribution is 2.44. The van der Waals surface area contributed by atoms with Crippen LogP contribution in [0.3, 0.4) is 0 Å². The number of aromatic nitrogens is 2. The summed E-state index contributed by atoms with van der Waals surface area (Å²) in [4.78, 5) is 4.63. The van der Waals surface area contributed by atoms with Gasteiger partial charge in [0.05, 0.1) is 4.47 Å². The molecule has 7 heteroatoms. The van der Waals surface area contributed by atoms with Crippen LogP contribution in [-0.2, 0) is 0 Å². The lowest BCUT2D eigenvalue weighted by atomic mass is 10.1. The molecular formula is C14H15BrN4O2. The Bertz CT molecular complexity index is 724. The molecule has 0 unspecified atom stereocenters. The fraction of sp³-hybridized carbons (Fsp3) is 0.357. The van der Waals surface area contributed by atoms with Crippen molar-refractivity contribution >= 4 is 21.7 Å². The van der Waals surface area contributed by atoms with E-state index < -0.39 is 0 Å². The molecule has 2 aromatic rings. The summed E-state index contributed by atoms with van der Waals surface area (Å²) in [5.41, 5.74) is 7.68. The molecule has 0 saturated heterocycles. The summed E-state index contributed by atoms with van der Waals surface area (Å²) in [7, 11) is 0. The largest absolute Gasteiger partial charge is 0.486 e. The third-order valence-electron chi connectivity index (χ3n) is 3.79. The van der Waals surface area contributed by atoms with E-state index in [1.165, 1.54) is 4.68 Å². The molecule has 1 saturated carbocycles. The molecule has 0 radical (unpaired) electrons. The van der Waals surface area contributed by atoms with E-state index in [1.54, 1.807) is 0 Å². The van der Waals surface area contributed by atoms with Crippen LogP contribution in [0.5, 0.6) is 11.5 Å². The van der Waals surface area contributed by atoms with Crippen molar-refractivity contribution < 1.29 is 9.47 Å². The van der Waals surface area contributed by atoms with Crippen molar-refractivity contribution in [2.24, 2.45) is 0 Å². The van der Waals surface area contributed by atoms with Gasteiger partial charge < -0.3 is 21.1 Å². The third-order valence-corrected chi connectivity index (χ3v) is 4.38. The first-order chi connectivity index (χ1) is 10.1. The van der Waals surface area contributed by atoms with Crippen LogP contribution in [0.4, 0.5) is 5.82 Å². The van der Waals surface area contributed by atoms with Gasteiger partial charge in [-0.1, -0.05) is 0 Å². The van der Waals surface area contributed by atoms with Crippen molar-refractivity contribution in [2.75, 3.05) is 24.8 Å². The van der Waals surface area contributed by atoms with Gasteiger partial charge in [-0.2, -0.15) is 0 Å². The van der Waals surface area contributed by atoms with E-state index in [4.69, 9.17) is 21.1 Å². The van der Waals surface area contributed by atoms with Gasteiger partial charge in [-0.25, -0.2) is 9.66 Å². The topological polar surface area (TPSA) is 88.3 Å². The van der Waals surface area contributed by atoms with Gasteiger partial charge in [0.25, 0.3) is 0 Å². The van der Waals surface area contributed by atoms with Crippen LogP contribution in [-0.4, -0.2) is 22.9 Å². The van der Waals surface area contributed by atoms with Crippen LogP contribution < -0.4 is 21.1 Å². The lowest BCUT2D eigenvalue weighted by molar-refractivity contribution is 0.170. The second-order valence-electron chi connectivity index (χ2n) is 5.33. The number of ether oxygens (including phenoxy) is 2. The minimum Gasteiger partial charge on any atom is -0.486 e. The minimum absolute atomic E-state index is 0.437. The third kappa shape index (κ3) is 2.03. The first-order valence-electron chi connectivity index (χ1n) is 6.88. The summed E-state index contributed by atoms with van der Waals surface area (Å²) < 4.78 is 13.6. The predicted octanol–water partition coefficient (Wildman–Crippen LogP) is 2.26. The molecule has 1 aromatic heterocycles. The van der Waals surface area contributed by atoms with Crippen LogP contribution in [0.15, 0.2) is 16.6 Å².